The summed E-state index contributed by atoms with van der Waals surface area (Å²) in [5.74, 6) is -0.0471. The van der Waals surface area contributed by atoms with Gasteiger partial charge in [-0.25, -0.2) is 0 Å². The van der Waals surface area contributed by atoms with Crippen molar-refractivity contribution in [1.29, 1.82) is 0 Å². The predicted molar refractivity (Wildman–Crippen MR) is 86.8 cm³/mol. The molecule has 0 saturated carbocycles. The number of unbranched alkanes of at least 4 members (excludes halogenated alkanes) is 8. The first-order valence-corrected chi connectivity index (χ1v) is 8.22. The topological polar surface area (TPSA) is 26.3 Å². The Balaban J connectivity index is 3.13. The van der Waals surface area contributed by atoms with Crippen LogP contribution in [-0.4, -0.2) is 12.6 Å². The second-order valence-electron chi connectivity index (χ2n) is 5.16. The van der Waals surface area contributed by atoms with Crippen molar-refractivity contribution in [2.45, 2.75) is 77.6 Å². The minimum absolute atomic E-state index is 0.0471. The molecule has 116 valence electrons. The average Bonchev–Trinajstić information content (AvgIpc) is 2.44. The van der Waals surface area contributed by atoms with E-state index in [2.05, 4.69) is 18.7 Å². The molecule has 0 N–H and O–H groups in total. The van der Waals surface area contributed by atoms with E-state index in [1.165, 1.54) is 44.9 Å². The molecule has 0 saturated heterocycles. The summed E-state index contributed by atoms with van der Waals surface area (Å²) < 4.78 is 4.90. The fourth-order valence-electron chi connectivity index (χ4n) is 2.09. The molecule has 0 amide bonds. The van der Waals surface area contributed by atoms with Gasteiger partial charge in [-0.3, -0.25) is 4.79 Å². The van der Waals surface area contributed by atoms with Crippen molar-refractivity contribution in [3.05, 3.63) is 24.8 Å². The Kier molecular flexibility index (Phi) is 15.2. The molecule has 0 heterocycles. The standard InChI is InChI=1S/C18H32O2/c1-3-5-6-7-8-9-10-11-12-13-14-15-16-17-18(19)20-4-2/h3,8-9H,1,4-7,10-17H2,2H3/b9-8+. The highest BCUT2D eigenvalue weighted by atomic mass is 16.5. The van der Waals surface area contributed by atoms with Crippen LogP contribution in [-0.2, 0) is 9.53 Å². The lowest BCUT2D eigenvalue weighted by Crippen LogP contribution is -2.03. The molecule has 0 fully saturated rings. The van der Waals surface area contributed by atoms with E-state index in [0.717, 1.165) is 19.3 Å². The second kappa shape index (κ2) is 16.0. The Morgan fingerprint density at radius 3 is 2.15 bits per heavy atom. The Morgan fingerprint density at radius 2 is 1.50 bits per heavy atom. The molecule has 0 aliphatic carbocycles. The zero-order valence-corrected chi connectivity index (χ0v) is 13.2. The van der Waals surface area contributed by atoms with Gasteiger partial charge < -0.3 is 4.74 Å². The highest BCUT2D eigenvalue weighted by molar-refractivity contribution is 5.69. The third-order valence-electron chi connectivity index (χ3n) is 3.25. The van der Waals surface area contributed by atoms with Crippen LogP contribution < -0.4 is 0 Å². The van der Waals surface area contributed by atoms with Crippen molar-refractivity contribution in [3.63, 3.8) is 0 Å². The van der Waals surface area contributed by atoms with Crippen molar-refractivity contribution in [2.75, 3.05) is 6.61 Å². The first-order chi connectivity index (χ1) is 9.81. The minimum atomic E-state index is -0.0471. The maximum atomic E-state index is 11.1. The lowest BCUT2D eigenvalue weighted by molar-refractivity contribution is -0.143. The van der Waals surface area contributed by atoms with E-state index in [9.17, 15) is 4.79 Å². The number of hydrogen-bond acceptors (Lipinski definition) is 2. The Morgan fingerprint density at radius 1 is 0.900 bits per heavy atom. The highest BCUT2D eigenvalue weighted by Crippen LogP contribution is 2.09. The SMILES string of the molecule is C=CCCC/C=C/CCCCCCCCC(=O)OCC. The van der Waals surface area contributed by atoms with E-state index in [0.29, 0.717) is 13.0 Å². The van der Waals surface area contributed by atoms with Gasteiger partial charge in [-0.05, 0) is 45.4 Å². The maximum Gasteiger partial charge on any atom is 0.305 e. The molecular weight excluding hydrogens is 248 g/mol. The van der Waals surface area contributed by atoms with E-state index in [1.807, 2.05) is 13.0 Å². The van der Waals surface area contributed by atoms with Crippen molar-refractivity contribution in [3.8, 4) is 0 Å². The normalized spacial score (nSPS) is 10.8. The monoisotopic (exact) mass is 280 g/mol. The van der Waals surface area contributed by atoms with Gasteiger partial charge in [-0.2, -0.15) is 0 Å². The first kappa shape index (κ1) is 18.9. The number of carbonyl (C=O) groups excluding carboxylic acids is 1. The fourth-order valence-corrected chi connectivity index (χ4v) is 2.09. The van der Waals surface area contributed by atoms with Crippen LogP contribution >= 0.6 is 0 Å². The number of ether oxygens (including phenoxy) is 1. The molecule has 0 unspecified atom stereocenters. The summed E-state index contributed by atoms with van der Waals surface area (Å²) in [6, 6.07) is 0. The predicted octanol–water partition coefficient (Wildman–Crippen LogP) is 5.58. The van der Waals surface area contributed by atoms with Crippen molar-refractivity contribution in [2.24, 2.45) is 0 Å². The molecule has 0 rings (SSSR count). The van der Waals surface area contributed by atoms with Crippen LogP contribution in [0.15, 0.2) is 24.8 Å². The lowest BCUT2D eigenvalue weighted by Gasteiger charge is -2.02. The summed E-state index contributed by atoms with van der Waals surface area (Å²) in [5.41, 5.74) is 0. The zero-order valence-electron chi connectivity index (χ0n) is 13.2. The van der Waals surface area contributed by atoms with Gasteiger partial charge in [-0.1, -0.05) is 43.9 Å². The summed E-state index contributed by atoms with van der Waals surface area (Å²) in [7, 11) is 0. The first-order valence-electron chi connectivity index (χ1n) is 8.22. The van der Waals surface area contributed by atoms with Crippen LogP contribution in [0.5, 0.6) is 0 Å². The fraction of sp³-hybridized carbons (Fsp3) is 0.722. The molecule has 0 aliphatic rings. The molecule has 0 aromatic heterocycles. The van der Waals surface area contributed by atoms with E-state index < -0.39 is 0 Å². The molecule has 20 heavy (non-hydrogen) atoms. The van der Waals surface area contributed by atoms with Crippen LogP contribution in [0.1, 0.15) is 77.6 Å². The average molecular weight is 280 g/mol. The van der Waals surface area contributed by atoms with Gasteiger partial charge in [0, 0.05) is 6.42 Å². The quantitative estimate of drug-likeness (QED) is 0.236. The van der Waals surface area contributed by atoms with Gasteiger partial charge >= 0.3 is 5.97 Å². The molecule has 0 radical (unpaired) electrons. The third-order valence-corrected chi connectivity index (χ3v) is 3.25. The third kappa shape index (κ3) is 15.0. The van der Waals surface area contributed by atoms with Crippen LogP contribution in [0, 0.1) is 0 Å². The van der Waals surface area contributed by atoms with E-state index in [-0.39, 0.29) is 5.97 Å². The highest BCUT2D eigenvalue weighted by Gasteiger charge is 2.00. The second-order valence-corrected chi connectivity index (χ2v) is 5.16. The van der Waals surface area contributed by atoms with Gasteiger partial charge in [0.1, 0.15) is 0 Å². The number of rotatable bonds is 14. The Labute approximate surface area is 125 Å². The molecule has 0 aliphatic heterocycles. The van der Waals surface area contributed by atoms with E-state index in [4.69, 9.17) is 4.74 Å². The zero-order chi connectivity index (χ0) is 14.9. The molecule has 2 heteroatoms. The minimum Gasteiger partial charge on any atom is -0.466 e. The van der Waals surface area contributed by atoms with Crippen LogP contribution in [0.4, 0.5) is 0 Å². The van der Waals surface area contributed by atoms with Crippen molar-refractivity contribution >= 4 is 5.97 Å². The van der Waals surface area contributed by atoms with Gasteiger partial charge in [0.15, 0.2) is 0 Å². The van der Waals surface area contributed by atoms with E-state index >= 15 is 0 Å². The largest absolute Gasteiger partial charge is 0.466 e. The van der Waals surface area contributed by atoms with Crippen LogP contribution in [0.25, 0.3) is 0 Å². The molecule has 0 atom stereocenters. The molecular formula is C18H32O2. The van der Waals surface area contributed by atoms with Gasteiger partial charge in [0.05, 0.1) is 6.61 Å². The molecule has 0 bridgehead atoms. The van der Waals surface area contributed by atoms with E-state index in [1.54, 1.807) is 0 Å². The number of esters is 1. The van der Waals surface area contributed by atoms with Gasteiger partial charge in [0.2, 0.25) is 0 Å². The maximum absolute atomic E-state index is 11.1. The smallest absolute Gasteiger partial charge is 0.305 e. The Bertz CT molecular complexity index is 256. The molecule has 0 aromatic carbocycles. The van der Waals surface area contributed by atoms with Gasteiger partial charge in [0.25, 0.3) is 0 Å². The van der Waals surface area contributed by atoms with Crippen molar-refractivity contribution < 1.29 is 9.53 Å². The molecule has 2 nitrogen and oxygen atoms in total. The Hall–Kier alpha value is -1.05. The van der Waals surface area contributed by atoms with Crippen LogP contribution in [0.2, 0.25) is 0 Å². The summed E-state index contributed by atoms with van der Waals surface area (Å²) in [4.78, 5) is 11.1. The molecule has 0 aromatic rings. The summed E-state index contributed by atoms with van der Waals surface area (Å²) >= 11 is 0. The summed E-state index contributed by atoms with van der Waals surface area (Å²) in [6.07, 6.45) is 19.1. The van der Waals surface area contributed by atoms with Crippen molar-refractivity contribution in [1.82, 2.24) is 0 Å². The number of hydrogen-bond donors (Lipinski definition) is 0. The van der Waals surface area contributed by atoms with Gasteiger partial charge in [-0.15, -0.1) is 6.58 Å². The van der Waals surface area contributed by atoms with Crippen LogP contribution in [0.3, 0.4) is 0 Å². The lowest BCUT2D eigenvalue weighted by atomic mass is 10.1. The molecule has 0 spiro atoms. The summed E-state index contributed by atoms with van der Waals surface area (Å²) in [5, 5.41) is 0. The number of carbonyl (C=O) groups is 1. The number of allylic oxidation sites excluding steroid dienone is 3. The summed E-state index contributed by atoms with van der Waals surface area (Å²) in [6.45, 7) is 6.07.